The van der Waals surface area contributed by atoms with Crippen molar-refractivity contribution in [2.24, 2.45) is 0 Å². The number of nitrogens with one attached hydrogen (secondary N) is 1. The maximum Gasteiger partial charge on any atom is 0.254 e. The fourth-order valence-electron chi connectivity index (χ4n) is 1.89. The van der Waals surface area contributed by atoms with E-state index in [1.54, 1.807) is 4.90 Å². The molecule has 0 spiro atoms. The molecule has 1 aromatic rings. The number of hydrogen-bond acceptors (Lipinski definition) is 3. The number of nitrogens with two attached hydrogens (primary N) is 1. The van der Waals surface area contributed by atoms with E-state index >= 15 is 0 Å². The monoisotopic (exact) mass is 299 g/mol. The number of nitrogen functional groups attached to an aromatic ring is 1. The van der Waals surface area contributed by atoms with Crippen LogP contribution in [0.3, 0.4) is 0 Å². The van der Waals surface area contributed by atoms with Gasteiger partial charge < -0.3 is 16.0 Å². The highest BCUT2D eigenvalue weighted by molar-refractivity contribution is 5.95. The molecule has 116 valence electrons. The Hall–Kier alpha value is -2.18. The van der Waals surface area contributed by atoms with Gasteiger partial charge in [-0.25, -0.2) is 8.78 Å². The van der Waals surface area contributed by atoms with Crippen molar-refractivity contribution in [3.63, 3.8) is 0 Å². The number of hydrogen-bond donors (Lipinski definition) is 2. The molecule has 0 radical (unpaired) electrons. The van der Waals surface area contributed by atoms with E-state index < -0.39 is 28.8 Å². The van der Waals surface area contributed by atoms with Crippen molar-refractivity contribution in [2.75, 3.05) is 25.4 Å². The minimum absolute atomic E-state index is 0.0457. The number of rotatable bonds is 6. The van der Waals surface area contributed by atoms with Crippen LogP contribution < -0.4 is 11.1 Å². The smallest absolute Gasteiger partial charge is 0.254 e. The molecule has 2 amide bonds. The quantitative estimate of drug-likeness (QED) is 0.782. The van der Waals surface area contributed by atoms with Gasteiger partial charge in [0, 0.05) is 26.1 Å². The van der Waals surface area contributed by atoms with Crippen LogP contribution in [0.2, 0.25) is 0 Å². The van der Waals surface area contributed by atoms with Crippen molar-refractivity contribution < 1.29 is 18.4 Å². The van der Waals surface area contributed by atoms with Gasteiger partial charge in [-0.2, -0.15) is 0 Å². The van der Waals surface area contributed by atoms with Gasteiger partial charge in [0.15, 0.2) is 5.82 Å². The fourth-order valence-corrected chi connectivity index (χ4v) is 1.89. The second kappa shape index (κ2) is 7.56. The third kappa shape index (κ3) is 4.40. The Morgan fingerprint density at radius 2 is 1.86 bits per heavy atom. The lowest BCUT2D eigenvalue weighted by Crippen LogP contribution is -2.34. The molecule has 0 unspecified atom stereocenters. The average molecular weight is 299 g/mol. The summed E-state index contributed by atoms with van der Waals surface area (Å²) in [6.07, 6.45) is 0.0971. The van der Waals surface area contributed by atoms with Gasteiger partial charge in [-0.1, -0.05) is 0 Å². The van der Waals surface area contributed by atoms with Gasteiger partial charge in [-0.05, 0) is 26.0 Å². The zero-order valence-corrected chi connectivity index (χ0v) is 12.1. The van der Waals surface area contributed by atoms with Crippen LogP contribution in [0.1, 0.15) is 30.6 Å². The predicted molar refractivity (Wildman–Crippen MR) is 75.6 cm³/mol. The molecule has 0 aromatic heterocycles. The van der Waals surface area contributed by atoms with E-state index in [4.69, 9.17) is 5.73 Å². The van der Waals surface area contributed by atoms with Gasteiger partial charge in [-0.3, -0.25) is 9.59 Å². The Morgan fingerprint density at radius 3 is 2.43 bits per heavy atom. The van der Waals surface area contributed by atoms with Crippen LogP contribution in [-0.2, 0) is 4.79 Å². The molecule has 7 heteroatoms. The lowest BCUT2D eigenvalue weighted by atomic mass is 10.1. The zero-order chi connectivity index (χ0) is 16.0. The first-order valence-corrected chi connectivity index (χ1v) is 6.71. The van der Waals surface area contributed by atoms with Crippen LogP contribution in [0.5, 0.6) is 0 Å². The first-order valence-electron chi connectivity index (χ1n) is 6.71. The van der Waals surface area contributed by atoms with E-state index in [2.05, 4.69) is 5.32 Å². The summed E-state index contributed by atoms with van der Waals surface area (Å²) >= 11 is 0. The molecule has 1 aromatic carbocycles. The summed E-state index contributed by atoms with van der Waals surface area (Å²) in [5, 5.41) is 2.38. The number of nitrogens with zero attached hydrogens (tertiary/aromatic N) is 1. The van der Waals surface area contributed by atoms with Gasteiger partial charge in [0.1, 0.15) is 5.82 Å². The Kier molecular flexibility index (Phi) is 6.08. The zero-order valence-electron chi connectivity index (χ0n) is 12.1. The molecule has 0 fully saturated rings. The number of halogens is 2. The van der Waals surface area contributed by atoms with Crippen LogP contribution >= 0.6 is 0 Å². The van der Waals surface area contributed by atoms with Crippen LogP contribution in [-0.4, -0.2) is 36.3 Å². The Morgan fingerprint density at radius 1 is 1.24 bits per heavy atom. The van der Waals surface area contributed by atoms with E-state index in [0.29, 0.717) is 13.1 Å². The molecule has 0 saturated heterocycles. The summed E-state index contributed by atoms with van der Waals surface area (Å²) in [7, 11) is 0. The SMILES string of the molecule is CCN(CC)C(=O)CCNC(=O)c1cc(F)cc(N)c1F. The number of anilines is 1. The molecule has 0 aliphatic heterocycles. The summed E-state index contributed by atoms with van der Waals surface area (Å²) in [4.78, 5) is 25.1. The average Bonchev–Trinajstić information content (AvgIpc) is 2.44. The van der Waals surface area contributed by atoms with Gasteiger partial charge >= 0.3 is 0 Å². The Balaban J connectivity index is 2.61. The highest BCUT2D eigenvalue weighted by atomic mass is 19.1. The van der Waals surface area contributed by atoms with Crippen LogP contribution in [0.4, 0.5) is 14.5 Å². The lowest BCUT2D eigenvalue weighted by Gasteiger charge is -2.18. The molecule has 0 saturated carbocycles. The maximum absolute atomic E-state index is 13.6. The molecule has 21 heavy (non-hydrogen) atoms. The predicted octanol–water partition coefficient (Wildman–Crippen LogP) is 1.54. The summed E-state index contributed by atoms with van der Waals surface area (Å²) in [6.45, 7) is 4.91. The normalized spacial score (nSPS) is 10.3. The summed E-state index contributed by atoms with van der Waals surface area (Å²) in [6, 6.07) is 1.57. The Bertz CT molecular complexity index is 531. The van der Waals surface area contributed by atoms with Crippen molar-refractivity contribution in [3.05, 3.63) is 29.3 Å². The molecule has 3 N–H and O–H groups in total. The maximum atomic E-state index is 13.6. The number of carbonyl (C=O) groups is 2. The molecule has 1 rings (SSSR count). The Labute approximate surface area is 122 Å². The summed E-state index contributed by atoms with van der Waals surface area (Å²) in [5.74, 6) is -2.67. The number of amides is 2. The van der Waals surface area contributed by atoms with Crippen molar-refractivity contribution in [1.82, 2.24) is 10.2 Å². The highest BCUT2D eigenvalue weighted by Crippen LogP contribution is 2.17. The first-order chi connectivity index (χ1) is 9.90. The second-order valence-corrected chi connectivity index (χ2v) is 4.43. The van der Waals surface area contributed by atoms with Crippen LogP contribution in [0, 0.1) is 11.6 Å². The summed E-state index contributed by atoms with van der Waals surface area (Å²) < 4.78 is 26.8. The van der Waals surface area contributed by atoms with Gasteiger partial charge in [0.2, 0.25) is 5.91 Å². The minimum Gasteiger partial charge on any atom is -0.396 e. The molecule has 0 bridgehead atoms. The molecular weight excluding hydrogens is 280 g/mol. The topological polar surface area (TPSA) is 75.4 Å². The number of benzene rings is 1. The van der Waals surface area contributed by atoms with Crippen molar-refractivity contribution in [3.8, 4) is 0 Å². The van der Waals surface area contributed by atoms with Gasteiger partial charge in [-0.15, -0.1) is 0 Å². The van der Waals surface area contributed by atoms with E-state index in [0.717, 1.165) is 12.1 Å². The van der Waals surface area contributed by atoms with Crippen molar-refractivity contribution in [2.45, 2.75) is 20.3 Å². The third-order valence-corrected chi connectivity index (χ3v) is 3.05. The molecule has 5 nitrogen and oxygen atoms in total. The van der Waals surface area contributed by atoms with Crippen LogP contribution in [0.15, 0.2) is 12.1 Å². The van der Waals surface area contributed by atoms with E-state index in [1.807, 2.05) is 13.8 Å². The van der Waals surface area contributed by atoms with E-state index in [1.165, 1.54) is 0 Å². The first kappa shape index (κ1) is 16.9. The van der Waals surface area contributed by atoms with Crippen LogP contribution in [0.25, 0.3) is 0 Å². The van der Waals surface area contributed by atoms with E-state index in [-0.39, 0.29) is 18.9 Å². The van der Waals surface area contributed by atoms with E-state index in [9.17, 15) is 18.4 Å². The largest absolute Gasteiger partial charge is 0.396 e. The summed E-state index contributed by atoms with van der Waals surface area (Å²) in [5.41, 5.74) is 4.36. The highest BCUT2D eigenvalue weighted by Gasteiger charge is 2.16. The minimum atomic E-state index is -0.969. The molecule has 0 atom stereocenters. The second-order valence-electron chi connectivity index (χ2n) is 4.43. The molecule has 0 heterocycles. The number of carbonyl (C=O) groups excluding carboxylic acids is 2. The molecule has 0 aliphatic carbocycles. The fraction of sp³-hybridized carbons (Fsp3) is 0.429. The van der Waals surface area contributed by atoms with Crippen molar-refractivity contribution >= 4 is 17.5 Å². The standard InChI is InChI=1S/C14H19F2N3O2/c1-3-19(4-2)12(20)5-6-18-14(21)10-7-9(15)8-11(17)13(10)16/h7-8H,3-6,17H2,1-2H3,(H,18,21). The third-order valence-electron chi connectivity index (χ3n) is 3.05. The molecule has 0 aliphatic rings. The van der Waals surface area contributed by atoms with Gasteiger partial charge in [0.25, 0.3) is 5.91 Å². The van der Waals surface area contributed by atoms with Gasteiger partial charge in [0.05, 0.1) is 11.3 Å². The lowest BCUT2D eigenvalue weighted by molar-refractivity contribution is -0.130. The molecular formula is C14H19F2N3O2. The van der Waals surface area contributed by atoms with Crippen molar-refractivity contribution in [1.29, 1.82) is 0 Å².